The molecule has 1 aromatic carbocycles. The SMILES string of the molecule is C/C1=c2\nc(C)nc(N[C@H](C)c3cccc(C(F)F)c3F)\c2=C\NC2CCC(O)(CCC1)CC2. The quantitative estimate of drug-likeness (QED) is 0.613. The zero-order valence-corrected chi connectivity index (χ0v) is 20.0. The van der Waals surface area contributed by atoms with Crippen molar-refractivity contribution in [1.29, 1.82) is 0 Å². The van der Waals surface area contributed by atoms with Crippen molar-refractivity contribution < 1.29 is 18.3 Å². The largest absolute Gasteiger partial charge is 0.390 e. The van der Waals surface area contributed by atoms with Crippen molar-refractivity contribution in [3.63, 3.8) is 0 Å². The first kappa shape index (κ1) is 24.5. The molecule has 0 spiro atoms. The molecule has 8 heteroatoms. The Morgan fingerprint density at radius 1 is 1.12 bits per heavy atom. The highest BCUT2D eigenvalue weighted by atomic mass is 19.3. The minimum absolute atomic E-state index is 0.163. The molecule has 1 atom stereocenters. The minimum atomic E-state index is -2.88. The summed E-state index contributed by atoms with van der Waals surface area (Å²) in [6, 6.07) is 3.72. The predicted octanol–water partition coefficient (Wildman–Crippen LogP) is 4.39. The first-order valence-electron chi connectivity index (χ1n) is 12.0. The summed E-state index contributed by atoms with van der Waals surface area (Å²) in [5.41, 5.74) is 0.0626. The third kappa shape index (κ3) is 5.22. The van der Waals surface area contributed by atoms with Crippen LogP contribution in [0.25, 0.3) is 11.8 Å². The van der Waals surface area contributed by atoms with E-state index in [2.05, 4.69) is 15.6 Å². The lowest BCUT2D eigenvalue weighted by Gasteiger charge is -2.36. The molecule has 3 heterocycles. The second-order valence-corrected chi connectivity index (χ2v) is 9.74. The lowest BCUT2D eigenvalue weighted by molar-refractivity contribution is -0.0108. The van der Waals surface area contributed by atoms with Crippen LogP contribution in [0.5, 0.6) is 0 Å². The van der Waals surface area contributed by atoms with Crippen molar-refractivity contribution in [3.05, 3.63) is 51.5 Å². The number of aliphatic hydroxyl groups is 1. The molecule has 2 bridgehead atoms. The van der Waals surface area contributed by atoms with Gasteiger partial charge in [0.1, 0.15) is 17.5 Å². The Morgan fingerprint density at radius 3 is 2.53 bits per heavy atom. The van der Waals surface area contributed by atoms with Crippen LogP contribution in [0.2, 0.25) is 0 Å². The summed E-state index contributed by atoms with van der Waals surface area (Å²) < 4.78 is 41.2. The van der Waals surface area contributed by atoms with Crippen LogP contribution in [0.3, 0.4) is 0 Å². The second-order valence-electron chi connectivity index (χ2n) is 9.74. The Bertz CT molecular complexity index is 1160. The van der Waals surface area contributed by atoms with Gasteiger partial charge in [-0.25, -0.2) is 23.1 Å². The highest BCUT2D eigenvalue weighted by Crippen LogP contribution is 2.33. The Morgan fingerprint density at radius 2 is 1.82 bits per heavy atom. The third-order valence-electron chi connectivity index (χ3n) is 7.15. The van der Waals surface area contributed by atoms with Gasteiger partial charge in [0, 0.05) is 17.8 Å². The van der Waals surface area contributed by atoms with Crippen LogP contribution in [0.4, 0.5) is 19.0 Å². The van der Waals surface area contributed by atoms with E-state index in [1.54, 1.807) is 13.8 Å². The molecular formula is C26H33F3N4O. The smallest absolute Gasteiger partial charge is 0.266 e. The molecule has 1 saturated carbocycles. The van der Waals surface area contributed by atoms with E-state index < -0.39 is 29.4 Å². The molecule has 184 valence electrons. The molecule has 3 aliphatic rings. The van der Waals surface area contributed by atoms with Gasteiger partial charge in [-0.2, -0.15) is 0 Å². The molecule has 5 nitrogen and oxygen atoms in total. The maximum Gasteiger partial charge on any atom is 0.266 e. The van der Waals surface area contributed by atoms with Gasteiger partial charge in [0.25, 0.3) is 6.43 Å². The first-order valence-corrected chi connectivity index (χ1v) is 12.0. The van der Waals surface area contributed by atoms with Crippen LogP contribution in [0.1, 0.15) is 88.2 Å². The van der Waals surface area contributed by atoms with Gasteiger partial charge in [-0.15, -0.1) is 0 Å². The second kappa shape index (κ2) is 9.94. The van der Waals surface area contributed by atoms with Crippen molar-refractivity contribution in [2.45, 2.75) is 89.8 Å². The van der Waals surface area contributed by atoms with E-state index in [0.717, 1.165) is 67.2 Å². The standard InChI is InChI=1S/C26H33F3N4O/c1-15-6-5-11-26(34)12-9-18(10-13-26)30-14-21-23(15)32-17(3)33-25(21)31-16(2)19-7-4-8-20(22(19)27)24(28)29/h4,7-8,14,16,18,24,30,34H,5-6,9-13H2,1-3H3,(H,31,32,33)/b21-14+,23-15+/t16-,18?,26?/m1/s1. The number of aromatic nitrogens is 2. The van der Waals surface area contributed by atoms with Crippen LogP contribution < -0.4 is 21.2 Å². The van der Waals surface area contributed by atoms with Gasteiger partial charge < -0.3 is 15.7 Å². The molecule has 1 fully saturated rings. The van der Waals surface area contributed by atoms with Crippen LogP contribution >= 0.6 is 0 Å². The van der Waals surface area contributed by atoms with E-state index in [1.165, 1.54) is 12.1 Å². The zero-order chi connectivity index (χ0) is 24.5. The average Bonchev–Trinajstić information content (AvgIpc) is 2.78. The fraction of sp³-hybridized carbons (Fsp3) is 0.538. The summed E-state index contributed by atoms with van der Waals surface area (Å²) in [6.45, 7) is 5.57. The summed E-state index contributed by atoms with van der Waals surface area (Å²) in [4.78, 5) is 9.30. The number of benzene rings is 1. The summed E-state index contributed by atoms with van der Waals surface area (Å²) in [7, 11) is 0. The molecule has 0 radical (unpaired) electrons. The molecule has 0 amide bonds. The molecule has 0 unspecified atom stereocenters. The zero-order valence-electron chi connectivity index (χ0n) is 20.0. The molecular weight excluding hydrogens is 441 g/mol. The Balaban J connectivity index is 1.76. The summed E-state index contributed by atoms with van der Waals surface area (Å²) in [5.74, 6) is 0.204. The average molecular weight is 475 g/mol. The summed E-state index contributed by atoms with van der Waals surface area (Å²) in [5, 5.41) is 19.2. The maximum atomic E-state index is 14.8. The molecule has 5 rings (SSSR count). The number of alkyl halides is 2. The van der Waals surface area contributed by atoms with Crippen molar-refractivity contribution in [3.8, 4) is 0 Å². The number of hydrogen-bond donors (Lipinski definition) is 3. The number of rotatable bonds is 4. The van der Waals surface area contributed by atoms with Crippen LogP contribution in [0, 0.1) is 12.7 Å². The minimum Gasteiger partial charge on any atom is -0.390 e. The van der Waals surface area contributed by atoms with Crippen molar-refractivity contribution in [1.82, 2.24) is 15.3 Å². The molecule has 2 aliphatic heterocycles. The highest BCUT2D eigenvalue weighted by Gasteiger charge is 2.32. The van der Waals surface area contributed by atoms with E-state index in [4.69, 9.17) is 4.98 Å². The Kier molecular flexibility index (Phi) is 7.17. The maximum absolute atomic E-state index is 14.8. The number of aryl methyl sites for hydroxylation is 1. The number of fused-ring (bicyclic) bond motifs is 6. The van der Waals surface area contributed by atoms with Crippen molar-refractivity contribution >= 4 is 17.6 Å². The fourth-order valence-electron chi connectivity index (χ4n) is 5.08. The molecule has 0 saturated heterocycles. The molecule has 34 heavy (non-hydrogen) atoms. The van der Waals surface area contributed by atoms with Gasteiger partial charge in [0.2, 0.25) is 0 Å². The predicted molar refractivity (Wildman–Crippen MR) is 127 cm³/mol. The van der Waals surface area contributed by atoms with Crippen LogP contribution in [-0.2, 0) is 0 Å². The normalized spacial score (nSPS) is 26.5. The van der Waals surface area contributed by atoms with Gasteiger partial charge >= 0.3 is 0 Å². The highest BCUT2D eigenvalue weighted by molar-refractivity contribution is 5.50. The van der Waals surface area contributed by atoms with Crippen LogP contribution in [-0.4, -0.2) is 26.7 Å². The molecule has 1 aliphatic carbocycles. The Hall–Kier alpha value is -2.61. The molecule has 2 aromatic rings. The van der Waals surface area contributed by atoms with E-state index in [-0.39, 0.29) is 11.6 Å². The summed E-state index contributed by atoms with van der Waals surface area (Å²) in [6.07, 6.45) is 4.77. The van der Waals surface area contributed by atoms with Gasteiger partial charge in [-0.05, 0) is 71.3 Å². The van der Waals surface area contributed by atoms with Gasteiger partial charge in [0.05, 0.1) is 27.8 Å². The molecule has 3 N–H and O–H groups in total. The van der Waals surface area contributed by atoms with Gasteiger partial charge in [0.15, 0.2) is 0 Å². The number of nitrogens with zero attached hydrogens (tertiary/aromatic N) is 2. The number of halogens is 3. The van der Waals surface area contributed by atoms with Crippen LogP contribution in [0.15, 0.2) is 18.2 Å². The topological polar surface area (TPSA) is 70.1 Å². The van der Waals surface area contributed by atoms with Crippen molar-refractivity contribution in [2.24, 2.45) is 0 Å². The van der Waals surface area contributed by atoms with E-state index in [1.807, 2.05) is 13.1 Å². The first-order chi connectivity index (χ1) is 16.2. The Labute approximate surface area is 198 Å². The van der Waals surface area contributed by atoms with E-state index >= 15 is 0 Å². The van der Waals surface area contributed by atoms with Gasteiger partial charge in [-0.1, -0.05) is 18.2 Å². The number of nitrogens with one attached hydrogen (secondary N) is 2. The number of anilines is 1. The van der Waals surface area contributed by atoms with Crippen molar-refractivity contribution in [2.75, 3.05) is 5.32 Å². The lowest BCUT2D eigenvalue weighted by atomic mass is 9.79. The monoisotopic (exact) mass is 474 g/mol. The fourth-order valence-corrected chi connectivity index (χ4v) is 5.08. The van der Waals surface area contributed by atoms with E-state index in [9.17, 15) is 18.3 Å². The molecule has 1 aromatic heterocycles. The van der Waals surface area contributed by atoms with Gasteiger partial charge in [-0.3, -0.25) is 0 Å². The lowest BCUT2D eigenvalue weighted by Crippen LogP contribution is -2.43. The van der Waals surface area contributed by atoms with E-state index in [0.29, 0.717) is 11.6 Å². The number of hydrogen-bond acceptors (Lipinski definition) is 5. The summed E-state index contributed by atoms with van der Waals surface area (Å²) >= 11 is 0. The third-order valence-corrected chi connectivity index (χ3v) is 7.15.